The molecule has 24 heavy (non-hydrogen) atoms. The highest BCUT2D eigenvalue weighted by Crippen LogP contribution is 2.32. The molecular weight excluding hydrogens is 335 g/mol. The second-order valence-electron chi connectivity index (χ2n) is 5.56. The number of aliphatic hydroxyl groups is 1. The van der Waals surface area contributed by atoms with E-state index >= 15 is 0 Å². The maximum absolute atomic E-state index is 14.3. The van der Waals surface area contributed by atoms with E-state index in [0.717, 1.165) is 5.69 Å². The second-order valence-corrected chi connectivity index (χ2v) is 5.99. The maximum Gasteiger partial charge on any atom is 0.189 e. The summed E-state index contributed by atoms with van der Waals surface area (Å²) < 4.78 is 16.2. The molecule has 1 N–H and O–H groups in total. The van der Waals surface area contributed by atoms with Gasteiger partial charge in [0.05, 0.1) is 23.3 Å². The van der Waals surface area contributed by atoms with Crippen LogP contribution in [0, 0.1) is 12.7 Å². The van der Waals surface area contributed by atoms with E-state index in [2.05, 4.69) is 9.98 Å². The summed E-state index contributed by atoms with van der Waals surface area (Å²) in [6.45, 7) is 1.84. The molecule has 0 amide bonds. The third-order valence-corrected chi connectivity index (χ3v) is 4.30. The van der Waals surface area contributed by atoms with Crippen molar-refractivity contribution in [3.05, 3.63) is 82.1 Å². The zero-order valence-corrected chi connectivity index (χ0v) is 13.5. The largest absolute Gasteiger partial charge is 0.367 e. The second kappa shape index (κ2) is 5.54. The van der Waals surface area contributed by atoms with Gasteiger partial charge in [0.2, 0.25) is 0 Å². The average Bonchev–Trinajstić information content (AvgIpc) is 2.89. The van der Waals surface area contributed by atoms with Crippen molar-refractivity contribution in [2.45, 2.75) is 13.2 Å². The number of hydrogen-bond acceptors (Lipinski definition) is 3. The van der Waals surface area contributed by atoms with Crippen molar-refractivity contribution >= 4 is 17.3 Å². The van der Waals surface area contributed by atoms with Crippen molar-refractivity contribution in [1.82, 2.24) is 9.55 Å². The number of hydrogen-bond donors (Lipinski definition) is 1. The van der Waals surface area contributed by atoms with Gasteiger partial charge in [-0.1, -0.05) is 23.7 Å². The first kappa shape index (κ1) is 15.1. The molecule has 2 aromatic carbocycles. The molecule has 0 fully saturated rings. The van der Waals surface area contributed by atoms with Crippen LogP contribution in [-0.4, -0.2) is 20.4 Å². The minimum atomic E-state index is -1.15. The van der Waals surface area contributed by atoms with Gasteiger partial charge in [-0.25, -0.2) is 14.4 Å². The topological polar surface area (TPSA) is 50.4 Å². The van der Waals surface area contributed by atoms with E-state index < -0.39 is 12.0 Å². The third-order valence-electron chi connectivity index (χ3n) is 4.06. The Morgan fingerprint density at radius 2 is 1.96 bits per heavy atom. The first-order chi connectivity index (χ1) is 11.6. The normalized spacial score (nSPS) is 16.2. The minimum Gasteiger partial charge on any atom is -0.367 e. The first-order valence-electron chi connectivity index (χ1n) is 7.41. The van der Waals surface area contributed by atoms with Crippen LogP contribution in [0.4, 0.5) is 4.39 Å². The van der Waals surface area contributed by atoms with E-state index in [1.54, 1.807) is 36.5 Å². The van der Waals surface area contributed by atoms with Crippen LogP contribution in [0.5, 0.6) is 0 Å². The number of imidazole rings is 1. The molecule has 6 heteroatoms. The molecule has 0 spiro atoms. The first-order valence-corrected chi connectivity index (χ1v) is 7.79. The van der Waals surface area contributed by atoms with Crippen LogP contribution < -0.4 is 0 Å². The maximum atomic E-state index is 14.3. The van der Waals surface area contributed by atoms with E-state index in [1.807, 2.05) is 17.6 Å². The predicted molar refractivity (Wildman–Crippen MR) is 90.3 cm³/mol. The quantitative estimate of drug-likeness (QED) is 0.727. The van der Waals surface area contributed by atoms with Gasteiger partial charge in [-0.15, -0.1) is 0 Å². The Morgan fingerprint density at radius 1 is 1.17 bits per heavy atom. The molecule has 0 aliphatic carbocycles. The van der Waals surface area contributed by atoms with E-state index in [1.165, 1.54) is 6.07 Å². The Labute approximate surface area is 142 Å². The van der Waals surface area contributed by atoms with Crippen molar-refractivity contribution < 1.29 is 9.50 Å². The fourth-order valence-electron chi connectivity index (χ4n) is 2.98. The average molecular weight is 348 g/mol. The summed E-state index contributed by atoms with van der Waals surface area (Å²) in [5.74, 6) is 0.299. The van der Waals surface area contributed by atoms with E-state index in [-0.39, 0.29) is 0 Å². The van der Waals surface area contributed by atoms with Gasteiger partial charge in [0.1, 0.15) is 11.6 Å². The van der Waals surface area contributed by atoms with Gasteiger partial charge in [0.15, 0.2) is 6.23 Å². The summed E-state index contributed by atoms with van der Waals surface area (Å²) in [5.41, 5.74) is 2.61. The van der Waals surface area contributed by atoms with E-state index in [4.69, 9.17) is 11.6 Å². The summed E-state index contributed by atoms with van der Waals surface area (Å²) >= 11 is 6.16. The van der Waals surface area contributed by atoms with Gasteiger partial charge in [-0.3, -0.25) is 4.57 Å². The zero-order chi connectivity index (χ0) is 16.8. The molecule has 2 heterocycles. The number of nitrogens with zero attached hydrogens (tertiary/aromatic N) is 3. The van der Waals surface area contributed by atoms with Crippen molar-refractivity contribution in [2.75, 3.05) is 0 Å². The number of rotatable bonds is 1. The number of aliphatic hydroxyl groups excluding tert-OH is 1. The van der Waals surface area contributed by atoms with Gasteiger partial charge >= 0.3 is 0 Å². The molecule has 0 saturated carbocycles. The summed E-state index contributed by atoms with van der Waals surface area (Å²) in [6, 6.07) is 11.6. The van der Waals surface area contributed by atoms with Gasteiger partial charge in [0.25, 0.3) is 0 Å². The standard InChI is InChI=1S/C18H13ClFN3O/c1-10-21-9-16-18(24)22-17(12-4-2-3-5-14(12)20)13-8-11(19)6-7-15(13)23(10)16/h2-9,18,24H,1H3/i6+1,7+1,8+1,11+1,13+1,15+1. The van der Waals surface area contributed by atoms with Crippen LogP contribution in [0.2, 0.25) is 5.02 Å². The van der Waals surface area contributed by atoms with Crippen LogP contribution in [0.3, 0.4) is 0 Å². The molecule has 1 unspecified atom stereocenters. The Kier molecular flexibility index (Phi) is 3.48. The van der Waals surface area contributed by atoms with Crippen molar-refractivity contribution in [2.24, 2.45) is 4.99 Å². The van der Waals surface area contributed by atoms with Crippen molar-refractivity contribution in [3.63, 3.8) is 0 Å². The number of halogens is 2. The van der Waals surface area contributed by atoms with Crippen LogP contribution in [-0.2, 0) is 0 Å². The Hall–Kier alpha value is -2.50. The highest BCUT2D eigenvalue weighted by atomic mass is 35.5. The molecule has 1 atom stereocenters. The molecule has 0 saturated heterocycles. The number of aromatic nitrogens is 2. The highest BCUT2D eigenvalue weighted by molar-refractivity contribution is 6.31. The third kappa shape index (κ3) is 2.25. The fourth-order valence-corrected chi connectivity index (χ4v) is 3.15. The predicted octanol–water partition coefficient (Wildman–Crippen LogP) is 3.82. The Bertz CT molecular complexity index is 980. The van der Waals surface area contributed by atoms with Crippen molar-refractivity contribution in [3.8, 4) is 5.69 Å². The number of aryl methyl sites for hydroxylation is 1. The van der Waals surface area contributed by atoms with Gasteiger partial charge < -0.3 is 5.11 Å². The number of fused-ring (bicyclic) bond motifs is 3. The number of benzene rings is 2. The van der Waals surface area contributed by atoms with Crippen LogP contribution in [0.25, 0.3) is 5.69 Å². The van der Waals surface area contributed by atoms with Crippen LogP contribution >= 0.6 is 11.6 Å². The molecule has 0 radical (unpaired) electrons. The molecule has 1 aliphatic heterocycles. The number of aliphatic imine (C=N–C) groups is 1. The van der Waals surface area contributed by atoms with Gasteiger partial charge in [-0.05, 0) is 37.3 Å². The van der Waals surface area contributed by atoms with E-state index in [9.17, 15) is 9.50 Å². The van der Waals surface area contributed by atoms with Gasteiger partial charge in [-0.2, -0.15) is 0 Å². The lowest BCUT2D eigenvalue weighted by atomic mass is 10.1. The summed E-state index contributed by atoms with van der Waals surface area (Å²) in [5, 5.41) is 11.0. The summed E-state index contributed by atoms with van der Waals surface area (Å²) in [7, 11) is 0. The summed E-state index contributed by atoms with van der Waals surface area (Å²) in [6.07, 6.45) is 0.429. The highest BCUT2D eigenvalue weighted by Gasteiger charge is 2.26. The molecule has 1 aromatic heterocycles. The zero-order valence-electron chi connectivity index (χ0n) is 12.7. The lowest BCUT2D eigenvalue weighted by molar-refractivity contribution is 0.182. The molecule has 120 valence electrons. The smallest absolute Gasteiger partial charge is 0.189 e. The van der Waals surface area contributed by atoms with Gasteiger partial charge in [0, 0.05) is 16.1 Å². The van der Waals surface area contributed by atoms with Crippen LogP contribution in [0.15, 0.2) is 53.7 Å². The Morgan fingerprint density at radius 3 is 2.75 bits per heavy atom. The monoisotopic (exact) mass is 347 g/mol. The molecule has 1 aliphatic rings. The molecule has 4 nitrogen and oxygen atoms in total. The minimum absolute atomic E-state index is 0.316. The van der Waals surface area contributed by atoms with Crippen LogP contribution in [0.1, 0.15) is 28.9 Å². The summed E-state index contributed by atoms with van der Waals surface area (Å²) in [4.78, 5) is 8.61. The molecule has 3 aromatic rings. The molecular formula is C18H13ClFN3O. The van der Waals surface area contributed by atoms with E-state index in [0.29, 0.717) is 33.4 Å². The SMILES string of the molecule is Cc1ncc2n1-[13c]1[13cH][13cH][13c](Cl)[13cH][13c]1C(c1ccccc1F)=NC2O. The molecule has 0 bridgehead atoms. The fraction of sp³-hybridized carbons (Fsp3) is 0.111. The lowest BCUT2D eigenvalue weighted by Crippen LogP contribution is -2.09. The lowest BCUT2D eigenvalue weighted by Gasteiger charge is -2.13. The molecule has 4 rings (SSSR count). The van der Waals surface area contributed by atoms with Crippen molar-refractivity contribution in [1.29, 1.82) is 0 Å². The Balaban J connectivity index is 2.07.